The van der Waals surface area contributed by atoms with Gasteiger partial charge in [-0.3, -0.25) is 9.59 Å². The Morgan fingerprint density at radius 2 is 0.907 bits per heavy atom. The second-order valence-corrected chi connectivity index (χ2v) is 16.9. The van der Waals surface area contributed by atoms with Crippen LogP contribution in [0, 0.1) is 11.8 Å². The van der Waals surface area contributed by atoms with Crippen molar-refractivity contribution in [3.05, 3.63) is 57.6 Å². The maximum atomic E-state index is 12.6. The third kappa shape index (κ3) is 9.17. The molecule has 3 unspecified atom stereocenters. The lowest BCUT2D eigenvalue weighted by molar-refractivity contribution is -0.144. The molecule has 0 aliphatic carbocycles. The summed E-state index contributed by atoms with van der Waals surface area (Å²) in [5.74, 6) is -3.41. The summed E-state index contributed by atoms with van der Waals surface area (Å²) in [5, 5.41) is 42.0. The number of phenols is 2. The average Bonchev–Trinajstić information content (AvgIpc) is 2.80. The number of carboxylic acid groups (broad SMARTS) is 2. The summed E-state index contributed by atoms with van der Waals surface area (Å²) in [4.78, 5) is 25.1. The summed E-state index contributed by atoms with van der Waals surface area (Å²) in [5.41, 5.74) is 3.10. The first kappa shape index (κ1) is 36.5. The van der Waals surface area contributed by atoms with Crippen molar-refractivity contribution in [3.8, 4) is 11.5 Å². The summed E-state index contributed by atoms with van der Waals surface area (Å²) in [7, 11) is 0. The Morgan fingerprint density at radius 1 is 0.605 bits per heavy atom. The molecule has 7 heteroatoms. The molecule has 0 spiro atoms. The first-order valence-electron chi connectivity index (χ1n) is 15.1. The highest BCUT2D eigenvalue weighted by atomic mass is 32.1. The molecule has 0 aliphatic heterocycles. The van der Waals surface area contributed by atoms with Crippen molar-refractivity contribution in [2.24, 2.45) is 11.8 Å². The predicted octanol–water partition coefficient (Wildman–Crippen LogP) is 8.16. The summed E-state index contributed by atoms with van der Waals surface area (Å²) < 4.78 is 0. The van der Waals surface area contributed by atoms with E-state index in [1.807, 2.05) is 107 Å². The van der Waals surface area contributed by atoms with Gasteiger partial charge in [0.2, 0.25) is 0 Å². The van der Waals surface area contributed by atoms with E-state index in [-0.39, 0.29) is 52.4 Å². The zero-order chi connectivity index (χ0) is 33.5. The van der Waals surface area contributed by atoms with E-state index in [4.69, 9.17) is 12.6 Å². The van der Waals surface area contributed by atoms with Gasteiger partial charge in [-0.05, 0) is 74.3 Å². The lowest BCUT2D eigenvalue weighted by Crippen LogP contribution is -2.31. The normalized spacial score (nSPS) is 15.2. The Labute approximate surface area is 264 Å². The highest BCUT2D eigenvalue weighted by Crippen LogP contribution is 2.42. The van der Waals surface area contributed by atoms with Crippen LogP contribution < -0.4 is 0 Å². The van der Waals surface area contributed by atoms with Gasteiger partial charge in [0, 0.05) is 5.25 Å². The van der Waals surface area contributed by atoms with Gasteiger partial charge in [-0.2, -0.15) is 12.6 Å². The van der Waals surface area contributed by atoms with Crippen LogP contribution in [-0.4, -0.2) is 37.6 Å². The lowest BCUT2D eigenvalue weighted by Gasteiger charge is -2.30. The van der Waals surface area contributed by atoms with Crippen LogP contribution >= 0.6 is 12.6 Å². The number of thiol groups is 1. The third-order valence-corrected chi connectivity index (χ3v) is 8.74. The average molecular weight is 615 g/mol. The zero-order valence-corrected chi connectivity index (χ0v) is 29.1. The second-order valence-electron chi connectivity index (χ2n) is 16.3. The molecule has 0 amide bonds. The van der Waals surface area contributed by atoms with Crippen LogP contribution in [0.1, 0.15) is 123 Å². The van der Waals surface area contributed by atoms with Crippen LogP contribution in [0.15, 0.2) is 24.3 Å². The molecule has 0 saturated heterocycles. The van der Waals surface area contributed by atoms with Crippen LogP contribution in [0.2, 0.25) is 0 Å². The number of benzene rings is 2. The van der Waals surface area contributed by atoms with Crippen LogP contribution in [0.4, 0.5) is 0 Å². The van der Waals surface area contributed by atoms with Gasteiger partial charge in [-0.1, -0.05) is 107 Å². The Bertz CT molecular complexity index is 1260. The topological polar surface area (TPSA) is 115 Å². The highest BCUT2D eigenvalue weighted by Gasteiger charge is 2.34. The molecule has 2 aromatic rings. The van der Waals surface area contributed by atoms with Crippen molar-refractivity contribution in [2.45, 2.75) is 129 Å². The highest BCUT2D eigenvalue weighted by molar-refractivity contribution is 7.81. The lowest BCUT2D eigenvalue weighted by atomic mass is 9.76. The summed E-state index contributed by atoms with van der Waals surface area (Å²) in [6.07, 6.45) is 0.402. The number of hydrogen-bond donors (Lipinski definition) is 5. The van der Waals surface area contributed by atoms with E-state index in [0.29, 0.717) is 0 Å². The number of aromatic hydroxyl groups is 2. The summed E-state index contributed by atoms with van der Waals surface area (Å²) >= 11 is 4.70. The molecular formula is C36H54O6S. The van der Waals surface area contributed by atoms with Crippen LogP contribution in [0.5, 0.6) is 11.5 Å². The Morgan fingerprint density at radius 3 is 1.16 bits per heavy atom. The molecule has 6 nitrogen and oxygen atoms in total. The van der Waals surface area contributed by atoms with Crippen molar-refractivity contribution in [2.75, 3.05) is 0 Å². The van der Waals surface area contributed by atoms with Gasteiger partial charge >= 0.3 is 11.9 Å². The van der Waals surface area contributed by atoms with Gasteiger partial charge in [-0.15, -0.1) is 0 Å². The summed E-state index contributed by atoms with van der Waals surface area (Å²) in [6.45, 7) is 24.1. The van der Waals surface area contributed by atoms with E-state index in [1.165, 1.54) is 0 Å². The Kier molecular flexibility index (Phi) is 10.8. The molecule has 43 heavy (non-hydrogen) atoms. The van der Waals surface area contributed by atoms with Gasteiger partial charge in [0.25, 0.3) is 0 Å². The number of aliphatic carboxylic acids is 2. The first-order chi connectivity index (χ1) is 19.2. The van der Waals surface area contributed by atoms with Crippen LogP contribution in [-0.2, 0) is 44.1 Å². The quantitative estimate of drug-likeness (QED) is 0.182. The van der Waals surface area contributed by atoms with E-state index in [1.54, 1.807) is 0 Å². The van der Waals surface area contributed by atoms with Crippen molar-refractivity contribution in [1.29, 1.82) is 0 Å². The Balaban J connectivity index is 2.49. The van der Waals surface area contributed by atoms with Gasteiger partial charge < -0.3 is 20.4 Å². The largest absolute Gasteiger partial charge is 0.507 e. The standard InChI is InChI=1S/C36H54O6S/c1-33(2,3)24-15-20(16-25(29(24)37)34(4,5)6)13-22(31(39)40)19-28(43)23(32(41)42)14-21-17-26(35(7,8)9)30(38)27(18-21)36(10,11)12/h15-18,22-23,28,37-38,43H,13-14,19H2,1-12H3,(H,39,40)(H,41,42). The molecule has 0 bridgehead atoms. The second kappa shape index (κ2) is 12.7. The molecule has 0 radical (unpaired) electrons. The smallest absolute Gasteiger partial charge is 0.307 e. The van der Waals surface area contributed by atoms with E-state index >= 15 is 0 Å². The Hall–Kier alpha value is -2.67. The molecule has 0 aliphatic rings. The maximum Gasteiger partial charge on any atom is 0.307 e. The number of hydrogen-bond acceptors (Lipinski definition) is 5. The molecule has 240 valence electrons. The molecule has 0 saturated carbocycles. The molecule has 2 rings (SSSR count). The number of carboxylic acids is 2. The van der Waals surface area contributed by atoms with E-state index in [2.05, 4.69) is 0 Å². The molecular weight excluding hydrogens is 560 g/mol. The number of carbonyl (C=O) groups is 2. The molecule has 0 fully saturated rings. The maximum absolute atomic E-state index is 12.6. The first-order valence-corrected chi connectivity index (χ1v) is 15.6. The molecule has 0 heterocycles. The minimum atomic E-state index is -1.04. The van der Waals surface area contributed by atoms with E-state index in [9.17, 15) is 30.0 Å². The van der Waals surface area contributed by atoms with Crippen LogP contribution in [0.3, 0.4) is 0 Å². The van der Waals surface area contributed by atoms with Gasteiger partial charge in [0.1, 0.15) is 11.5 Å². The minimum Gasteiger partial charge on any atom is -0.507 e. The minimum absolute atomic E-state index is 0.0579. The van der Waals surface area contributed by atoms with E-state index in [0.717, 1.165) is 33.4 Å². The molecule has 2 aromatic carbocycles. The fraction of sp³-hybridized carbons (Fsp3) is 0.611. The van der Waals surface area contributed by atoms with Gasteiger partial charge in [0.15, 0.2) is 0 Å². The van der Waals surface area contributed by atoms with Gasteiger partial charge in [0.05, 0.1) is 11.8 Å². The van der Waals surface area contributed by atoms with Crippen molar-refractivity contribution >= 4 is 24.6 Å². The van der Waals surface area contributed by atoms with Crippen LogP contribution in [0.25, 0.3) is 0 Å². The fourth-order valence-corrected chi connectivity index (χ4v) is 6.05. The van der Waals surface area contributed by atoms with Crippen molar-refractivity contribution < 1.29 is 30.0 Å². The number of phenolic OH excluding ortho intramolecular Hbond substituents is 2. The van der Waals surface area contributed by atoms with Crippen molar-refractivity contribution in [1.82, 2.24) is 0 Å². The monoisotopic (exact) mass is 614 g/mol. The molecule has 4 N–H and O–H groups in total. The predicted molar refractivity (Wildman–Crippen MR) is 178 cm³/mol. The molecule has 0 aromatic heterocycles. The fourth-order valence-electron chi connectivity index (χ4n) is 5.56. The summed E-state index contributed by atoms with van der Waals surface area (Å²) in [6, 6.07) is 7.49. The third-order valence-electron chi connectivity index (χ3n) is 8.17. The van der Waals surface area contributed by atoms with Gasteiger partial charge in [-0.25, -0.2) is 0 Å². The molecule has 3 atom stereocenters. The van der Waals surface area contributed by atoms with Crippen molar-refractivity contribution in [3.63, 3.8) is 0 Å². The number of rotatable bonds is 9. The van der Waals surface area contributed by atoms with E-state index < -0.39 is 29.0 Å². The SMILES string of the molecule is CC(C)(C)c1cc(CC(CC(S)C(Cc2cc(C(C)(C)C)c(O)c(C(C)(C)C)c2)C(=O)O)C(=O)O)cc(C(C)(C)C)c1O. The zero-order valence-electron chi connectivity index (χ0n) is 28.2.